The normalized spacial score (nSPS) is 18.8. The zero-order valence-electron chi connectivity index (χ0n) is 11.0. The monoisotopic (exact) mass is 254 g/mol. The molecule has 1 unspecified atom stereocenters. The minimum Gasteiger partial charge on any atom is -0.378 e. The maximum atomic E-state index is 12.1. The number of fused-ring (bicyclic) bond motifs is 1. The molecule has 3 rings (SSSR count). The fraction of sp³-hybridized carbons (Fsp3) is 0.353. The Kier molecular flexibility index (Phi) is 3.60. The van der Waals surface area contributed by atoms with Crippen molar-refractivity contribution < 1.29 is 9.53 Å². The SMILES string of the molecule is O=C(Cc1cccc2ccccc12)CC1CCCO1. The molecule has 0 aliphatic carbocycles. The summed E-state index contributed by atoms with van der Waals surface area (Å²) in [6.07, 6.45) is 3.35. The number of hydrogen-bond donors (Lipinski definition) is 0. The van der Waals surface area contributed by atoms with Crippen LogP contribution in [0.3, 0.4) is 0 Å². The van der Waals surface area contributed by atoms with Crippen LogP contribution in [0.25, 0.3) is 10.8 Å². The van der Waals surface area contributed by atoms with E-state index in [1.807, 2.05) is 18.2 Å². The number of carbonyl (C=O) groups excluding carboxylic acids is 1. The number of ether oxygens (including phenoxy) is 1. The third-order valence-electron chi connectivity index (χ3n) is 3.75. The third-order valence-corrected chi connectivity index (χ3v) is 3.75. The molecule has 1 heterocycles. The molecule has 0 aromatic heterocycles. The van der Waals surface area contributed by atoms with E-state index in [4.69, 9.17) is 4.74 Å². The van der Waals surface area contributed by atoms with Crippen LogP contribution in [0.5, 0.6) is 0 Å². The highest BCUT2D eigenvalue weighted by molar-refractivity contribution is 5.91. The molecular formula is C17H18O2. The topological polar surface area (TPSA) is 26.3 Å². The Hall–Kier alpha value is -1.67. The molecule has 2 heteroatoms. The number of ketones is 1. The van der Waals surface area contributed by atoms with Crippen LogP contribution in [0.1, 0.15) is 24.8 Å². The van der Waals surface area contributed by atoms with Gasteiger partial charge in [-0.2, -0.15) is 0 Å². The molecule has 0 amide bonds. The Morgan fingerprint density at radius 3 is 2.84 bits per heavy atom. The third kappa shape index (κ3) is 2.85. The van der Waals surface area contributed by atoms with Crippen molar-refractivity contribution in [3.05, 3.63) is 48.0 Å². The van der Waals surface area contributed by atoms with Gasteiger partial charge in [0, 0.05) is 19.4 Å². The molecule has 98 valence electrons. The Morgan fingerprint density at radius 2 is 2.00 bits per heavy atom. The predicted molar refractivity (Wildman–Crippen MR) is 76.3 cm³/mol. The average molecular weight is 254 g/mol. The van der Waals surface area contributed by atoms with Gasteiger partial charge in [-0.05, 0) is 29.2 Å². The Labute approximate surface area is 113 Å². The van der Waals surface area contributed by atoms with Crippen molar-refractivity contribution >= 4 is 16.6 Å². The van der Waals surface area contributed by atoms with Crippen LogP contribution in [0.2, 0.25) is 0 Å². The summed E-state index contributed by atoms with van der Waals surface area (Å²) in [4.78, 5) is 12.1. The molecule has 0 spiro atoms. The Bertz CT molecular complexity index is 577. The molecule has 0 radical (unpaired) electrons. The van der Waals surface area contributed by atoms with E-state index in [2.05, 4.69) is 24.3 Å². The minimum absolute atomic E-state index is 0.155. The number of benzene rings is 2. The summed E-state index contributed by atoms with van der Waals surface area (Å²) in [5.74, 6) is 0.281. The summed E-state index contributed by atoms with van der Waals surface area (Å²) in [6, 6.07) is 14.4. The van der Waals surface area contributed by atoms with Crippen molar-refractivity contribution in [2.24, 2.45) is 0 Å². The van der Waals surface area contributed by atoms with Crippen molar-refractivity contribution in [2.45, 2.75) is 31.8 Å². The van der Waals surface area contributed by atoms with Crippen molar-refractivity contribution in [3.8, 4) is 0 Å². The highest BCUT2D eigenvalue weighted by Gasteiger charge is 2.19. The summed E-state index contributed by atoms with van der Waals surface area (Å²) in [7, 11) is 0. The maximum Gasteiger partial charge on any atom is 0.139 e. The second-order valence-electron chi connectivity index (χ2n) is 5.19. The van der Waals surface area contributed by atoms with Gasteiger partial charge in [0.1, 0.15) is 5.78 Å². The largest absolute Gasteiger partial charge is 0.378 e. The second kappa shape index (κ2) is 5.54. The van der Waals surface area contributed by atoms with Crippen LogP contribution in [0, 0.1) is 0 Å². The van der Waals surface area contributed by atoms with E-state index >= 15 is 0 Å². The van der Waals surface area contributed by atoms with Crippen molar-refractivity contribution in [1.82, 2.24) is 0 Å². The van der Waals surface area contributed by atoms with E-state index in [-0.39, 0.29) is 11.9 Å². The molecule has 2 aromatic carbocycles. The van der Waals surface area contributed by atoms with Gasteiger partial charge >= 0.3 is 0 Å². The molecule has 19 heavy (non-hydrogen) atoms. The average Bonchev–Trinajstić information content (AvgIpc) is 2.92. The van der Waals surface area contributed by atoms with Crippen LogP contribution in [0.4, 0.5) is 0 Å². The van der Waals surface area contributed by atoms with E-state index in [0.29, 0.717) is 12.8 Å². The van der Waals surface area contributed by atoms with Gasteiger partial charge in [0.2, 0.25) is 0 Å². The van der Waals surface area contributed by atoms with Crippen LogP contribution < -0.4 is 0 Å². The zero-order valence-corrected chi connectivity index (χ0v) is 11.0. The van der Waals surface area contributed by atoms with Crippen molar-refractivity contribution in [1.29, 1.82) is 0 Å². The van der Waals surface area contributed by atoms with Crippen molar-refractivity contribution in [2.75, 3.05) is 6.61 Å². The summed E-state index contributed by atoms with van der Waals surface area (Å²) in [5.41, 5.74) is 1.13. The Morgan fingerprint density at radius 1 is 1.16 bits per heavy atom. The number of rotatable bonds is 4. The van der Waals surface area contributed by atoms with E-state index < -0.39 is 0 Å². The van der Waals surface area contributed by atoms with Crippen LogP contribution >= 0.6 is 0 Å². The first-order valence-electron chi connectivity index (χ1n) is 6.93. The first-order chi connectivity index (χ1) is 9.33. The smallest absolute Gasteiger partial charge is 0.139 e. The van der Waals surface area contributed by atoms with Gasteiger partial charge in [-0.1, -0.05) is 42.5 Å². The molecule has 1 atom stereocenters. The lowest BCUT2D eigenvalue weighted by Crippen LogP contribution is -2.14. The van der Waals surface area contributed by atoms with Crippen LogP contribution in [-0.2, 0) is 16.0 Å². The van der Waals surface area contributed by atoms with Crippen LogP contribution in [-0.4, -0.2) is 18.5 Å². The fourth-order valence-corrected chi connectivity index (χ4v) is 2.79. The molecule has 1 saturated heterocycles. The zero-order chi connectivity index (χ0) is 13.1. The van der Waals surface area contributed by atoms with E-state index in [9.17, 15) is 4.79 Å². The number of Topliss-reactive ketones (excluding diaryl/α,β-unsaturated/α-hetero) is 1. The van der Waals surface area contributed by atoms with Crippen molar-refractivity contribution in [3.63, 3.8) is 0 Å². The molecule has 0 bridgehead atoms. The first kappa shape index (κ1) is 12.4. The van der Waals surface area contributed by atoms with Gasteiger partial charge < -0.3 is 4.74 Å². The molecule has 2 nitrogen and oxygen atoms in total. The number of hydrogen-bond acceptors (Lipinski definition) is 2. The van der Waals surface area contributed by atoms with E-state index in [0.717, 1.165) is 25.0 Å². The highest BCUT2D eigenvalue weighted by Crippen LogP contribution is 2.21. The molecular weight excluding hydrogens is 236 g/mol. The quantitative estimate of drug-likeness (QED) is 0.834. The first-order valence-corrected chi connectivity index (χ1v) is 6.93. The van der Waals surface area contributed by atoms with Gasteiger partial charge in [0.15, 0.2) is 0 Å². The van der Waals surface area contributed by atoms with Gasteiger partial charge in [-0.25, -0.2) is 0 Å². The molecule has 1 fully saturated rings. The summed E-state index contributed by atoms with van der Waals surface area (Å²) in [5, 5.41) is 2.38. The van der Waals surface area contributed by atoms with Gasteiger partial charge in [-0.15, -0.1) is 0 Å². The predicted octanol–water partition coefficient (Wildman–Crippen LogP) is 3.52. The van der Waals surface area contributed by atoms with Crippen LogP contribution in [0.15, 0.2) is 42.5 Å². The van der Waals surface area contributed by atoms with Gasteiger partial charge in [-0.3, -0.25) is 4.79 Å². The van der Waals surface area contributed by atoms with Gasteiger partial charge in [0.05, 0.1) is 6.10 Å². The molecule has 1 aliphatic heterocycles. The standard InChI is InChI=1S/C17H18O2/c18-15(12-16-8-4-10-19-16)11-14-7-3-6-13-5-1-2-9-17(13)14/h1-3,5-7,9,16H,4,8,10-12H2. The van der Waals surface area contributed by atoms with E-state index in [1.165, 1.54) is 10.8 Å². The Balaban J connectivity index is 1.75. The maximum absolute atomic E-state index is 12.1. The lowest BCUT2D eigenvalue weighted by atomic mass is 9.98. The molecule has 0 N–H and O–H groups in total. The summed E-state index contributed by atoms with van der Waals surface area (Å²) in [6.45, 7) is 0.812. The molecule has 1 aliphatic rings. The molecule has 2 aromatic rings. The highest BCUT2D eigenvalue weighted by atomic mass is 16.5. The summed E-state index contributed by atoms with van der Waals surface area (Å²) >= 11 is 0. The lowest BCUT2D eigenvalue weighted by Gasteiger charge is -2.09. The number of carbonyl (C=O) groups is 1. The van der Waals surface area contributed by atoms with Gasteiger partial charge in [0.25, 0.3) is 0 Å². The lowest BCUT2D eigenvalue weighted by molar-refractivity contribution is -0.120. The fourth-order valence-electron chi connectivity index (χ4n) is 2.79. The summed E-state index contributed by atoms with van der Waals surface area (Å²) < 4.78 is 5.53. The van der Waals surface area contributed by atoms with E-state index in [1.54, 1.807) is 0 Å². The molecule has 0 saturated carbocycles. The minimum atomic E-state index is 0.155. The second-order valence-corrected chi connectivity index (χ2v) is 5.19.